The molecule has 1 aliphatic carbocycles. The molecule has 1 N–H and O–H groups in total. The van der Waals surface area contributed by atoms with E-state index in [0.29, 0.717) is 131 Å². The molecule has 2 unspecified atom stereocenters. The Morgan fingerprint density at radius 1 is 0.721 bits per heavy atom. The maximum Gasteiger partial charge on any atom is 1.00 e. The van der Waals surface area contributed by atoms with Crippen LogP contribution in [0.3, 0.4) is 0 Å². The van der Waals surface area contributed by atoms with Gasteiger partial charge in [-0.05, 0) is 150 Å². The fraction of sp³-hybridized carbons (Fsp3) is 0.508. The van der Waals surface area contributed by atoms with E-state index in [4.69, 9.17) is 38.4 Å². The Hall–Kier alpha value is -2.08. The van der Waals surface area contributed by atoms with E-state index in [2.05, 4.69) is 21.7 Å². The summed E-state index contributed by atoms with van der Waals surface area (Å²) in [7, 11) is -17.4. The predicted octanol–water partition coefficient (Wildman–Crippen LogP) is -0.305. The number of anilines is 1. The molecule has 2 atom stereocenters. The van der Waals surface area contributed by atoms with Crippen LogP contribution in [-0.2, 0) is 74.1 Å². The Balaban J connectivity index is 0.00000219. The van der Waals surface area contributed by atoms with Gasteiger partial charge in [0, 0.05) is 77.3 Å². The van der Waals surface area contributed by atoms with E-state index in [9.17, 15) is 43.7 Å². The van der Waals surface area contributed by atoms with Gasteiger partial charge in [0.25, 0.3) is 5.91 Å². The zero-order chi connectivity index (χ0) is 60.2. The van der Waals surface area contributed by atoms with Crippen LogP contribution in [0.1, 0.15) is 143 Å². The van der Waals surface area contributed by atoms with Gasteiger partial charge in [-0.1, -0.05) is 43.9 Å². The van der Waals surface area contributed by atoms with Crippen molar-refractivity contribution < 1.29 is 164 Å². The van der Waals surface area contributed by atoms with Gasteiger partial charge in [0.2, 0.25) is 5.69 Å². The van der Waals surface area contributed by atoms with E-state index in [1.165, 1.54) is 12.1 Å². The minimum Gasteiger partial charge on any atom is -0.748 e. The SMILES string of the molecule is O=S(=O)=O.[CH2-]CCCC1(C)/C(=C\C=C2/CCCC(/C=C/C3=[N+]4CCCc5ccc(S(=O)(=O)[O-])c(c54)C3(C)CCCCS(=O)(=O)[O-])=C2Oc2ccc(C(=O)NCCOCCOCCCCCCCl)cc2)N2CCCc3ccc(S(=O)(=O)[O-])c1c32.[Na+].[Na+].[Na+]. The minimum atomic E-state index is -4.96. The monoisotopic (exact) mass is 1310 g/mol. The van der Waals surface area contributed by atoms with E-state index >= 15 is 0 Å². The van der Waals surface area contributed by atoms with Crippen molar-refractivity contribution in [2.24, 2.45) is 0 Å². The topological polar surface area (TPSA) is 286 Å². The first-order valence-electron chi connectivity index (χ1n) is 28.2. The number of carbonyl (C=O) groups is 1. The molecule has 4 heterocycles. The number of hydrogen-bond donors (Lipinski definition) is 1. The van der Waals surface area contributed by atoms with Crippen LogP contribution in [0.2, 0.25) is 0 Å². The molecule has 27 heteroatoms. The largest absolute Gasteiger partial charge is 1.00 e. The standard InChI is InChI=1S/C59H76ClN3O13S3.3Na.O3S/c1-4-5-31-58(2)50(62-35-13-17-42-21-27-48(78(68,69)70)52(58)54(42)62)29-23-44-15-12-16-45(56(44)76-47-25-19-46(20-26-47)57(64)61-34-38-75-40-39-74-37-10-7-6-9-33-60)24-30-51-59(3,32-8-11-41-77(65,66)67)53-49(79(71,72)73)28-22-43-18-14-36-63(51)55(43)53;;;;1-4(2)3/h19-30H,1,4-18,31-41H2,2-3H3,(H,61,64)(H,65,66,67)(H,68,69,70)(H,71,72,73);;;;/q;3*+1;/p-3. The number of amides is 1. The number of hydrogen-bond acceptors (Lipinski definition) is 17. The second-order valence-electron chi connectivity index (χ2n) is 21.7. The molecule has 454 valence electrons. The number of benzene rings is 3. The molecule has 0 saturated heterocycles. The van der Waals surface area contributed by atoms with Gasteiger partial charge in [0.15, 0.2) is 5.71 Å². The van der Waals surface area contributed by atoms with Crippen molar-refractivity contribution in [1.82, 2.24) is 5.32 Å². The van der Waals surface area contributed by atoms with Gasteiger partial charge >= 0.3 is 99.3 Å². The van der Waals surface area contributed by atoms with Gasteiger partial charge in [-0.25, -0.2) is 25.3 Å². The summed E-state index contributed by atoms with van der Waals surface area (Å²) in [4.78, 5) is 14.9. The molecular weight excluding hydrogens is 1240 g/mol. The van der Waals surface area contributed by atoms with Crippen LogP contribution in [-0.4, -0.2) is 125 Å². The Morgan fingerprint density at radius 2 is 1.35 bits per heavy atom. The summed E-state index contributed by atoms with van der Waals surface area (Å²) < 4.78 is 159. The third-order valence-corrected chi connectivity index (χ3v) is 18.8. The number of nitrogens with one attached hydrogen (secondary N) is 1. The van der Waals surface area contributed by atoms with Crippen molar-refractivity contribution >= 4 is 75.6 Å². The van der Waals surface area contributed by atoms with E-state index in [1.54, 1.807) is 36.4 Å². The summed E-state index contributed by atoms with van der Waals surface area (Å²) in [5.74, 6) is 0.798. The number of ether oxygens (including phenoxy) is 3. The summed E-state index contributed by atoms with van der Waals surface area (Å²) in [6.45, 7) is 11.3. The van der Waals surface area contributed by atoms with Crippen LogP contribution in [0.5, 0.6) is 5.75 Å². The first kappa shape index (κ1) is 76.4. The summed E-state index contributed by atoms with van der Waals surface area (Å²) in [6.07, 6.45) is 19.3. The van der Waals surface area contributed by atoms with Crippen molar-refractivity contribution in [2.45, 2.75) is 144 Å². The molecule has 5 aliphatic rings. The molecule has 19 nitrogen and oxygen atoms in total. The Labute approximate surface area is 580 Å². The summed E-state index contributed by atoms with van der Waals surface area (Å²) in [5, 5.41) is 2.90. The molecule has 0 saturated carbocycles. The molecule has 3 aromatic carbocycles. The maximum atomic E-state index is 13.3. The summed E-state index contributed by atoms with van der Waals surface area (Å²) in [5.41, 5.74) is 5.95. The van der Waals surface area contributed by atoms with Crippen LogP contribution in [0, 0.1) is 6.92 Å². The zero-order valence-corrected chi connectivity index (χ0v) is 60.0. The second kappa shape index (κ2) is 34.5. The van der Waals surface area contributed by atoms with Crippen LogP contribution in [0.25, 0.3) is 0 Å². The van der Waals surface area contributed by atoms with E-state index in [1.807, 2.05) is 38.2 Å². The molecule has 8 rings (SSSR count). The number of rotatable bonds is 28. The van der Waals surface area contributed by atoms with Crippen LogP contribution in [0.15, 0.2) is 105 Å². The Bertz CT molecular complexity index is 3520. The van der Waals surface area contributed by atoms with Crippen molar-refractivity contribution in [3.8, 4) is 5.75 Å². The van der Waals surface area contributed by atoms with Gasteiger partial charge in [0.1, 0.15) is 38.3 Å². The van der Waals surface area contributed by atoms with Gasteiger partial charge < -0.3 is 45.0 Å². The molecule has 0 fully saturated rings. The molecular formula is C59H73ClN3Na3O16S4. The van der Waals surface area contributed by atoms with Gasteiger partial charge in [-0.2, -0.15) is 11.0 Å². The number of alkyl halides is 1. The average molecular weight is 1310 g/mol. The number of halogens is 1. The van der Waals surface area contributed by atoms with E-state index in [0.717, 1.165) is 84.3 Å². The molecule has 0 bridgehead atoms. The van der Waals surface area contributed by atoms with Crippen LogP contribution >= 0.6 is 11.6 Å². The molecule has 0 radical (unpaired) electrons. The number of unbranched alkanes of at least 4 members (excludes halogenated alkanes) is 5. The van der Waals surface area contributed by atoms with Crippen molar-refractivity contribution in [2.75, 3.05) is 62.6 Å². The zero-order valence-electron chi connectivity index (χ0n) is 50.0. The van der Waals surface area contributed by atoms with E-state index < -0.39 is 57.5 Å². The third-order valence-electron chi connectivity index (χ3n) is 16.0. The normalized spacial score (nSPS) is 19.7. The number of nitrogens with zero attached hydrogens (tertiary/aromatic N) is 2. The number of allylic oxidation sites excluding steroid dienone is 7. The average Bonchev–Trinajstić information content (AvgIpc) is 1.56. The molecule has 0 aromatic heterocycles. The van der Waals surface area contributed by atoms with Crippen molar-refractivity contribution in [3.05, 3.63) is 130 Å². The maximum absolute atomic E-state index is 13.3. The molecule has 1 amide bonds. The van der Waals surface area contributed by atoms with Gasteiger partial charge in [-0.3, -0.25) is 4.79 Å². The quantitative estimate of drug-likeness (QED) is 0.0244. The predicted molar refractivity (Wildman–Crippen MR) is 311 cm³/mol. The fourth-order valence-corrected chi connectivity index (χ4v) is 14.6. The van der Waals surface area contributed by atoms with E-state index in [-0.39, 0.29) is 124 Å². The van der Waals surface area contributed by atoms with Crippen LogP contribution < -0.4 is 104 Å². The third kappa shape index (κ3) is 19.5. The summed E-state index contributed by atoms with van der Waals surface area (Å²) in [6, 6.07) is 13.1. The number of carbonyl (C=O) groups excluding carboxylic acids is 1. The Kier molecular flexibility index (Phi) is 30.7. The van der Waals surface area contributed by atoms with Crippen molar-refractivity contribution in [3.63, 3.8) is 0 Å². The van der Waals surface area contributed by atoms with Gasteiger partial charge in [0.05, 0.1) is 50.7 Å². The van der Waals surface area contributed by atoms with Crippen molar-refractivity contribution in [1.29, 1.82) is 0 Å². The molecule has 4 aliphatic heterocycles. The fourth-order valence-electron chi connectivity index (χ4n) is 12.3. The molecule has 3 aromatic rings. The second-order valence-corrected chi connectivity index (χ2v) is 26.7. The Morgan fingerprint density at radius 3 is 2.00 bits per heavy atom. The smallest absolute Gasteiger partial charge is 0.748 e. The molecule has 86 heavy (non-hydrogen) atoms. The summed E-state index contributed by atoms with van der Waals surface area (Å²) >= 11 is 5.74. The minimum absolute atomic E-state index is 0. The first-order valence-corrected chi connectivity index (χ1v) is 34.1. The van der Waals surface area contributed by atoms with Gasteiger partial charge in [-0.15, -0.1) is 24.2 Å². The van der Waals surface area contributed by atoms with Crippen LogP contribution in [0.4, 0.5) is 11.4 Å². The molecule has 0 spiro atoms. The number of aryl methyl sites for hydroxylation is 2. The first-order chi connectivity index (χ1) is 39.4.